The molecule has 10 nitrogen and oxygen atoms in total. The van der Waals surface area contributed by atoms with Gasteiger partial charge in [-0.15, -0.1) is 16.5 Å². The number of carbonyl (C=O) groups is 1. The fraction of sp³-hybridized carbons (Fsp3) is 0.600. The molecule has 2 amide bonds. The summed E-state index contributed by atoms with van der Waals surface area (Å²) in [7, 11) is 0. The molecule has 4 N–H and O–H groups in total. The molecule has 0 aromatic carbocycles. The molecule has 0 bridgehead atoms. The van der Waals surface area contributed by atoms with Crippen LogP contribution >= 0.6 is 11.6 Å². The van der Waals surface area contributed by atoms with Crippen molar-refractivity contribution in [1.82, 2.24) is 30.3 Å². The van der Waals surface area contributed by atoms with Gasteiger partial charge in [-0.25, -0.2) is 19.7 Å². The number of imidazole rings is 1. The Labute approximate surface area is 155 Å². The van der Waals surface area contributed by atoms with Gasteiger partial charge in [0.15, 0.2) is 11.5 Å². The van der Waals surface area contributed by atoms with E-state index >= 15 is 0 Å². The highest BCUT2D eigenvalue weighted by Gasteiger charge is 2.22. The predicted molar refractivity (Wildman–Crippen MR) is 99.3 cm³/mol. The lowest BCUT2D eigenvalue weighted by atomic mass is 9.87. The van der Waals surface area contributed by atoms with E-state index in [1.807, 2.05) is 0 Å². The summed E-state index contributed by atoms with van der Waals surface area (Å²) in [5, 5.41) is 6.29. The van der Waals surface area contributed by atoms with Crippen LogP contribution in [-0.2, 0) is 0 Å². The van der Waals surface area contributed by atoms with Crippen LogP contribution in [0.5, 0.6) is 0 Å². The third-order valence-electron chi connectivity index (χ3n) is 4.23. The summed E-state index contributed by atoms with van der Waals surface area (Å²) in [5.41, 5.74) is 6.78. The van der Waals surface area contributed by atoms with Crippen molar-refractivity contribution >= 4 is 34.6 Å². The van der Waals surface area contributed by atoms with E-state index in [0.717, 1.165) is 36.6 Å². The number of halogens is 1. The molecule has 0 atom stereocenters. The number of hydrogen-bond donors (Lipinski definition) is 3. The first-order valence-electron chi connectivity index (χ1n) is 8.42. The van der Waals surface area contributed by atoms with Gasteiger partial charge in [-0.1, -0.05) is 6.92 Å². The topological polar surface area (TPSA) is 142 Å². The predicted octanol–water partition coefficient (Wildman–Crippen LogP) is 2.43. The molecule has 1 saturated carbocycles. The fourth-order valence-corrected chi connectivity index (χ4v) is 2.86. The minimum atomic E-state index is -0.435. The van der Waals surface area contributed by atoms with Crippen molar-refractivity contribution in [3.8, 4) is 0 Å². The van der Waals surface area contributed by atoms with E-state index in [-0.39, 0.29) is 18.5 Å². The molecule has 0 radical (unpaired) electrons. The molecule has 3 rings (SSSR count). The molecule has 0 spiro atoms. The number of nitrogen functional groups attached to an aromatic ring is 1. The largest absolute Gasteiger partial charge is 0.382 e. The van der Waals surface area contributed by atoms with Gasteiger partial charge in [0.1, 0.15) is 11.8 Å². The van der Waals surface area contributed by atoms with Crippen molar-refractivity contribution in [2.75, 3.05) is 18.2 Å². The maximum absolute atomic E-state index is 11.6. The van der Waals surface area contributed by atoms with E-state index in [1.54, 1.807) is 0 Å². The molecule has 2 aromatic heterocycles. The molecule has 1 aliphatic carbocycles. The first-order chi connectivity index (χ1) is 12.5. The van der Waals surface area contributed by atoms with Gasteiger partial charge in [0, 0.05) is 11.9 Å². The fourth-order valence-electron chi connectivity index (χ4n) is 2.70. The van der Waals surface area contributed by atoms with Crippen LogP contribution in [0.1, 0.15) is 32.6 Å². The van der Waals surface area contributed by atoms with Crippen LogP contribution in [0.4, 0.5) is 10.6 Å². The molecule has 1 aliphatic rings. The van der Waals surface area contributed by atoms with Gasteiger partial charge in [-0.2, -0.15) is 5.01 Å². The molecule has 0 saturated heterocycles. The zero-order valence-corrected chi connectivity index (χ0v) is 15.3. The molecule has 142 valence electrons. The number of anilines is 1. The Kier molecular flexibility index (Phi) is 7.52. The number of alkyl halides is 1. The Morgan fingerprint density at radius 2 is 2.12 bits per heavy atom. The number of nitrogens with two attached hydrogens (primary N) is 1. The SMILES string of the molecule is CC1CCC(NC(=O)N(CCCl)N=O)CC1.Nc1ncnc2nc[nH]c12. The van der Waals surface area contributed by atoms with Crippen LogP contribution in [-0.4, -0.2) is 49.4 Å². The number of nitrogens with one attached hydrogen (secondary N) is 2. The summed E-state index contributed by atoms with van der Waals surface area (Å²) < 4.78 is 0. The average molecular weight is 383 g/mol. The Morgan fingerprint density at radius 1 is 1.38 bits per heavy atom. The zero-order chi connectivity index (χ0) is 18.9. The van der Waals surface area contributed by atoms with Crippen molar-refractivity contribution in [3.05, 3.63) is 17.6 Å². The number of fused-ring (bicyclic) bond motifs is 1. The molecule has 11 heteroatoms. The number of rotatable bonds is 4. The van der Waals surface area contributed by atoms with Crippen molar-refractivity contribution in [2.24, 2.45) is 11.2 Å². The highest BCUT2D eigenvalue weighted by molar-refractivity contribution is 6.18. The number of carbonyl (C=O) groups excluding carboxylic acids is 1. The van der Waals surface area contributed by atoms with Gasteiger partial charge < -0.3 is 16.0 Å². The summed E-state index contributed by atoms with van der Waals surface area (Å²) >= 11 is 5.46. The highest BCUT2D eigenvalue weighted by Crippen LogP contribution is 2.23. The number of aromatic amines is 1. The van der Waals surface area contributed by atoms with Crippen molar-refractivity contribution in [2.45, 2.75) is 38.6 Å². The van der Waals surface area contributed by atoms with Crippen molar-refractivity contribution in [3.63, 3.8) is 0 Å². The minimum absolute atomic E-state index is 0.153. The molecule has 1 fully saturated rings. The molecule has 2 heterocycles. The number of urea groups is 1. The number of nitrogens with zero attached hydrogens (tertiary/aromatic N) is 5. The van der Waals surface area contributed by atoms with E-state index in [2.05, 4.69) is 37.5 Å². The van der Waals surface area contributed by atoms with Crippen LogP contribution in [0.2, 0.25) is 0 Å². The zero-order valence-electron chi connectivity index (χ0n) is 14.6. The van der Waals surface area contributed by atoms with Crippen LogP contribution < -0.4 is 11.1 Å². The third-order valence-corrected chi connectivity index (χ3v) is 4.39. The van der Waals surface area contributed by atoms with Gasteiger partial charge in [-0.3, -0.25) is 0 Å². The van der Waals surface area contributed by atoms with Gasteiger partial charge in [0.05, 0.1) is 18.2 Å². The Balaban J connectivity index is 0.000000206. The third kappa shape index (κ3) is 5.51. The average Bonchev–Trinajstić information content (AvgIpc) is 3.12. The summed E-state index contributed by atoms with van der Waals surface area (Å²) in [6.07, 6.45) is 7.11. The molecule has 26 heavy (non-hydrogen) atoms. The summed E-state index contributed by atoms with van der Waals surface area (Å²) in [6, 6.07) is -0.265. The van der Waals surface area contributed by atoms with Crippen LogP contribution in [0.25, 0.3) is 11.2 Å². The monoisotopic (exact) mass is 382 g/mol. The van der Waals surface area contributed by atoms with Crippen LogP contribution in [0, 0.1) is 10.8 Å². The number of hydrogen-bond acceptors (Lipinski definition) is 7. The first-order valence-corrected chi connectivity index (χ1v) is 8.95. The second-order valence-corrected chi connectivity index (χ2v) is 6.54. The van der Waals surface area contributed by atoms with Crippen LogP contribution in [0.3, 0.4) is 0 Å². The minimum Gasteiger partial charge on any atom is -0.382 e. The number of H-pyrrole nitrogens is 1. The Morgan fingerprint density at radius 3 is 2.73 bits per heavy atom. The maximum Gasteiger partial charge on any atom is 0.340 e. The van der Waals surface area contributed by atoms with E-state index < -0.39 is 6.03 Å². The summed E-state index contributed by atoms with van der Waals surface area (Å²) in [4.78, 5) is 36.3. The molecule has 2 aromatic rings. The second-order valence-electron chi connectivity index (χ2n) is 6.16. The molecule has 0 aliphatic heterocycles. The van der Waals surface area contributed by atoms with E-state index in [1.165, 1.54) is 12.7 Å². The van der Waals surface area contributed by atoms with Gasteiger partial charge in [0.2, 0.25) is 0 Å². The standard InChI is InChI=1S/C10H18ClN3O2.C5H5N5/c1-8-2-4-9(5-3-8)12-10(15)14(13-16)7-6-11;6-4-3-5(9-1-7-3)10-2-8-4/h8-9H,2-7H2,1H3,(H,12,15);1-2H,(H3,6,7,8,9,10). The normalized spacial score (nSPS) is 19.3. The lowest BCUT2D eigenvalue weighted by molar-refractivity contribution is 0.191. The van der Waals surface area contributed by atoms with Crippen LogP contribution in [0.15, 0.2) is 17.9 Å². The molecular weight excluding hydrogens is 360 g/mol. The number of nitroso groups, excluding NO2 is 1. The van der Waals surface area contributed by atoms with Gasteiger partial charge >= 0.3 is 6.03 Å². The highest BCUT2D eigenvalue weighted by atomic mass is 35.5. The van der Waals surface area contributed by atoms with E-state index in [0.29, 0.717) is 17.0 Å². The first kappa shape index (κ1) is 19.8. The molecule has 0 unspecified atom stereocenters. The Bertz CT molecular complexity index is 716. The molecular formula is C15H23ClN8O2. The lowest BCUT2D eigenvalue weighted by Crippen LogP contribution is -2.44. The number of aromatic nitrogens is 4. The summed E-state index contributed by atoms with van der Waals surface area (Å²) in [5.74, 6) is 1.37. The van der Waals surface area contributed by atoms with Crippen molar-refractivity contribution in [1.29, 1.82) is 0 Å². The second kappa shape index (κ2) is 9.85. The smallest absolute Gasteiger partial charge is 0.340 e. The van der Waals surface area contributed by atoms with E-state index in [4.69, 9.17) is 17.3 Å². The Hall–Kier alpha value is -2.49. The van der Waals surface area contributed by atoms with Crippen molar-refractivity contribution < 1.29 is 4.79 Å². The van der Waals surface area contributed by atoms with Gasteiger partial charge in [0.25, 0.3) is 0 Å². The van der Waals surface area contributed by atoms with E-state index in [9.17, 15) is 9.70 Å². The summed E-state index contributed by atoms with van der Waals surface area (Å²) in [6.45, 7) is 2.37. The number of amides is 2. The maximum atomic E-state index is 11.6. The van der Waals surface area contributed by atoms with Gasteiger partial charge in [-0.05, 0) is 31.6 Å². The quantitative estimate of drug-likeness (QED) is 0.421. The lowest BCUT2D eigenvalue weighted by Gasteiger charge is -2.27.